The number of aromatic nitrogens is 1. The Morgan fingerprint density at radius 3 is 2.33 bits per heavy atom. The van der Waals surface area contributed by atoms with Gasteiger partial charge >= 0.3 is 0 Å². The van der Waals surface area contributed by atoms with Gasteiger partial charge in [-0.2, -0.15) is 0 Å². The highest BCUT2D eigenvalue weighted by molar-refractivity contribution is 7.98. The molecule has 3 nitrogen and oxygen atoms in total. The molecular formula is C23H26N2OS. The van der Waals surface area contributed by atoms with Gasteiger partial charge in [0.05, 0.1) is 5.56 Å². The summed E-state index contributed by atoms with van der Waals surface area (Å²) in [5.74, 6) is 3.39. The predicted molar refractivity (Wildman–Crippen MR) is 109 cm³/mol. The lowest BCUT2D eigenvalue weighted by Crippen LogP contribution is -2.59. The molecule has 4 saturated carbocycles. The first-order chi connectivity index (χ1) is 13.2. The standard InChI is InChI=1S/C23H26N2OS/c26-21(25-23-12-17-9-18(13-23)11-19(10-17)14-23)20-7-4-8-24-22(20)27-15-16-5-2-1-3-6-16/h1-8,17-19H,9-15H2,(H,25,26). The minimum atomic E-state index is 0.0447. The number of pyridine rings is 1. The van der Waals surface area contributed by atoms with Crippen LogP contribution in [0.3, 0.4) is 0 Å². The van der Waals surface area contributed by atoms with E-state index in [0.29, 0.717) is 0 Å². The van der Waals surface area contributed by atoms with Gasteiger partial charge in [-0.3, -0.25) is 4.79 Å². The second-order valence-electron chi connectivity index (χ2n) is 8.78. The van der Waals surface area contributed by atoms with Crippen LogP contribution in [-0.4, -0.2) is 16.4 Å². The fraction of sp³-hybridized carbons (Fsp3) is 0.478. The maximum absolute atomic E-state index is 13.2. The largest absolute Gasteiger partial charge is 0.346 e. The average Bonchev–Trinajstić information content (AvgIpc) is 2.66. The lowest BCUT2D eigenvalue weighted by Gasteiger charge is -2.56. The molecule has 1 aromatic carbocycles. The summed E-state index contributed by atoms with van der Waals surface area (Å²) in [6, 6.07) is 14.2. The van der Waals surface area contributed by atoms with Gasteiger partial charge in [0, 0.05) is 17.5 Å². The summed E-state index contributed by atoms with van der Waals surface area (Å²) in [5, 5.41) is 4.32. The smallest absolute Gasteiger partial charge is 0.254 e. The lowest BCUT2D eigenvalue weighted by atomic mass is 9.53. The average molecular weight is 379 g/mol. The van der Waals surface area contributed by atoms with Crippen molar-refractivity contribution >= 4 is 17.7 Å². The van der Waals surface area contributed by atoms with Gasteiger partial charge in [-0.1, -0.05) is 30.3 Å². The van der Waals surface area contributed by atoms with Crippen LogP contribution in [0.5, 0.6) is 0 Å². The molecule has 0 atom stereocenters. The summed E-state index contributed by atoms with van der Waals surface area (Å²) in [6.45, 7) is 0. The fourth-order valence-corrected chi connectivity index (χ4v) is 6.92. The van der Waals surface area contributed by atoms with Crippen LogP contribution in [-0.2, 0) is 5.75 Å². The zero-order valence-electron chi connectivity index (χ0n) is 15.6. The highest BCUT2D eigenvalue weighted by Crippen LogP contribution is 2.55. The SMILES string of the molecule is O=C(NC12CC3CC(CC(C3)C1)C2)c1cccnc1SCc1ccccc1. The Balaban J connectivity index is 1.32. The Morgan fingerprint density at radius 1 is 1.00 bits per heavy atom. The van der Waals surface area contributed by atoms with Crippen LogP contribution in [0.1, 0.15) is 54.4 Å². The minimum absolute atomic E-state index is 0.0447. The number of amides is 1. The Kier molecular flexibility index (Phi) is 4.47. The van der Waals surface area contributed by atoms with Crippen molar-refractivity contribution < 1.29 is 4.79 Å². The molecule has 0 saturated heterocycles. The summed E-state index contributed by atoms with van der Waals surface area (Å²) >= 11 is 1.65. The first kappa shape index (κ1) is 17.3. The molecule has 1 heterocycles. The molecule has 6 rings (SSSR count). The second-order valence-corrected chi connectivity index (χ2v) is 9.75. The minimum Gasteiger partial charge on any atom is -0.346 e. The molecular weight excluding hydrogens is 352 g/mol. The molecule has 4 aliphatic rings. The number of hydrogen-bond donors (Lipinski definition) is 1. The van der Waals surface area contributed by atoms with Gasteiger partial charge in [-0.25, -0.2) is 4.98 Å². The number of nitrogens with one attached hydrogen (secondary N) is 1. The van der Waals surface area contributed by atoms with E-state index < -0.39 is 0 Å². The number of hydrogen-bond acceptors (Lipinski definition) is 3. The number of carbonyl (C=O) groups excluding carboxylic acids is 1. The number of rotatable bonds is 5. The molecule has 1 amide bonds. The van der Waals surface area contributed by atoms with Crippen LogP contribution >= 0.6 is 11.8 Å². The van der Waals surface area contributed by atoms with E-state index in [9.17, 15) is 4.79 Å². The number of thioether (sulfide) groups is 1. The third kappa shape index (κ3) is 3.52. The molecule has 4 bridgehead atoms. The molecule has 1 aromatic heterocycles. The maximum atomic E-state index is 13.2. The van der Waals surface area contributed by atoms with Crippen molar-refractivity contribution in [2.24, 2.45) is 17.8 Å². The van der Waals surface area contributed by atoms with Crippen LogP contribution < -0.4 is 5.32 Å². The summed E-state index contributed by atoms with van der Waals surface area (Å²) < 4.78 is 0. The molecule has 4 heteroatoms. The quantitative estimate of drug-likeness (QED) is 0.739. The summed E-state index contributed by atoms with van der Waals surface area (Å²) in [7, 11) is 0. The van der Waals surface area contributed by atoms with Crippen LogP contribution in [0.4, 0.5) is 0 Å². The highest BCUT2D eigenvalue weighted by atomic mass is 32.2. The van der Waals surface area contributed by atoms with E-state index >= 15 is 0 Å². The van der Waals surface area contributed by atoms with Crippen molar-refractivity contribution in [1.29, 1.82) is 0 Å². The fourth-order valence-electron chi connectivity index (χ4n) is 5.98. The van der Waals surface area contributed by atoms with Crippen molar-refractivity contribution in [2.45, 2.75) is 54.8 Å². The molecule has 2 aromatic rings. The molecule has 0 unspecified atom stereocenters. The van der Waals surface area contributed by atoms with Crippen molar-refractivity contribution in [1.82, 2.24) is 10.3 Å². The van der Waals surface area contributed by atoms with Crippen LogP contribution in [0.15, 0.2) is 53.7 Å². The molecule has 0 spiro atoms. The monoisotopic (exact) mass is 378 g/mol. The second kappa shape index (κ2) is 6.97. The first-order valence-electron chi connectivity index (χ1n) is 10.1. The van der Waals surface area contributed by atoms with Gasteiger partial charge in [0.2, 0.25) is 0 Å². The van der Waals surface area contributed by atoms with E-state index in [4.69, 9.17) is 0 Å². The topological polar surface area (TPSA) is 42.0 Å². The molecule has 1 N–H and O–H groups in total. The third-order valence-corrected chi connectivity index (χ3v) is 7.73. The molecule has 4 fully saturated rings. The zero-order chi connectivity index (χ0) is 18.3. The summed E-state index contributed by atoms with van der Waals surface area (Å²) in [5.41, 5.74) is 2.03. The predicted octanol–water partition coefficient (Wildman–Crippen LogP) is 5.07. The van der Waals surface area contributed by atoms with Crippen molar-refractivity contribution in [3.63, 3.8) is 0 Å². The lowest BCUT2D eigenvalue weighted by molar-refractivity contribution is -0.0167. The molecule has 27 heavy (non-hydrogen) atoms. The first-order valence-corrected chi connectivity index (χ1v) is 11.1. The third-order valence-electron chi connectivity index (χ3n) is 6.65. The van der Waals surface area contributed by atoms with Gasteiger partial charge in [0.1, 0.15) is 5.03 Å². The van der Waals surface area contributed by atoms with E-state index in [1.54, 1.807) is 18.0 Å². The van der Waals surface area contributed by atoms with Gasteiger partial charge in [-0.05, 0) is 74.0 Å². The Morgan fingerprint density at radius 2 is 1.67 bits per heavy atom. The van der Waals surface area contributed by atoms with Crippen molar-refractivity contribution in [3.05, 3.63) is 59.8 Å². The number of benzene rings is 1. The molecule has 4 aliphatic carbocycles. The molecule has 0 aliphatic heterocycles. The van der Waals surface area contributed by atoms with E-state index in [0.717, 1.165) is 34.1 Å². The Labute approximate surface area is 165 Å². The molecule has 0 radical (unpaired) electrons. The number of carbonyl (C=O) groups is 1. The van der Waals surface area contributed by atoms with E-state index in [2.05, 4.69) is 34.6 Å². The Bertz CT molecular complexity index is 800. The summed E-state index contributed by atoms with van der Waals surface area (Å²) in [4.78, 5) is 17.7. The van der Waals surface area contributed by atoms with E-state index in [1.807, 2.05) is 18.2 Å². The zero-order valence-corrected chi connectivity index (χ0v) is 16.4. The van der Waals surface area contributed by atoms with Gasteiger partial charge in [0.15, 0.2) is 0 Å². The van der Waals surface area contributed by atoms with Gasteiger partial charge < -0.3 is 5.32 Å². The van der Waals surface area contributed by atoms with Crippen LogP contribution in [0.2, 0.25) is 0 Å². The van der Waals surface area contributed by atoms with Crippen LogP contribution in [0, 0.1) is 17.8 Å². The highest BCUT2D eigenvalue weighted by Gasteiger charge is 2.51. The van der Waals surface area contributed by atoms with E-state index in [1.165, 1.54) is 44.1 Å². The van der Waals surface area contributed by atoms with E-state index in [-0.39, 0.29) is 11.4 Å². The van der Waals surface area contributed by atoms with Gasteiger partial charge in [0.25, 0.3) is 5.91 Å². The summed E-state index contributed by atoms with van der Waals surface area (Å²) in [6.07, 6.45) is 9.49. The van der Waals surface area contributed by atoms with Gasteiger partial charge in [-0.15, -0.1) is 11.8 Å². The van der Waals surface area contributed by atoms with Crippen molar-refractivity contribution in [2.75, 3.05) is 0 Å². The Hall–Kier alpha value is -1.81. The maximum Gasteiger partial charge on any atom is 0.254 e. The number of nitrogens with zero attached hydrogens (tertiary/aromatic N) is 1. The van der Waals surface area contributed by atoms with Crippen LogP contribution in [0.25, 0.3) is 0 Å². The normalized spacial score (nSPS) is 31.0. The van der Waals surface area contributed by atoms with Crippen molar-refractivity contribution in [3.8, 4) is 0 Å². The molecule has 140 valence electrons.